The Morgan fingerprint density at radius 3 is 2.57 bits per heavy atom. The summed E-state index contributed by atoms with van der Waals surface area (Å²) in [7, 11) is 1.39. The van der Waals surface area contributed by atoms with Crippen LogP contribution in [-0.2, 0) is 21.1 Å². The topological polar surface area (TPSA) is 111 Å². The molecule has 0 aliphatic carbocycles. The van der Waals surface area contributed by atoms with Crippen LogP contribution in [0, 0.1) is 10.1 Å². The Labute approximate surface area is 126 Å². The summed E-state index contributed by atoms with van der Waals surface area (Å²) in [5.74, 6) is -0.546. The second-order valence-corrected chi connectivity index (χ2v) is 7.23. The lowest BCUT2D eigenvalue weighted by Crippen LogP contribution is -2.17. The molecule has 0 aliphatic heterocycles. The number of nitrogens with zero attached hydrogens (tertiary/aromatic N) is 1. The highest BCUT2D eigenvalue weighted by Gasteiger charge is 2.19. The Morgan fingerprint density at radius 2 is 2.10 bits per heavy atom. The zero-order valence-corrected chi connectivity index (χ0v) is 12.9. The van der Waals surface area contributed by atoms with Gasteiger partial charge in [-0.25, -0.2) is 5.09 Å². The van der Waals surface area contributed by atoms with E-state index in [1.807, 2.05) is 0 Å². The van der Waals surface area contributed by atoms with Gasteiger partial charge in [0.2, 0.25) is 0 Å². The van der Waals surface area contributed by atoms with Crippen LogP contribution in [0.2, 0.25) is 0 Å². The van der Waals surface area contributed by atoms with Crippen molar-refractivity contribution in [2.45, 2.75) is 12.8 Å². The number of carboxylic acids is 1. The average molecular weight is 334 g/mol. The lowest BCUT2D eigenvalue weighted by atomic mass is 10.3. The van der Waals surface area contributed by atoms with Crippen LogP contribution in [0.5, 0.6) is 5.75 Å². The molecule has 0 radical (unpaired) electrons. The minimum absolute atomic E-state index is 0.0174. The standard InChI is InChI=1S/C11H15N2O6PS/c1-18-20(21,12-8-2-3-11(14)15)19-10-6-4-9(5-7-10)13(16)17/h4-7H,2-3,8H2,1H3,(H,12,21)(H,14,15). The minimum atomic E-state index is -2.80. The van der Waals surface area contributed by atoms with Gasteiger partial charge in [-0.1, -0.05) is 0 Å². The van der Waals surface area contributed by atoms with Crippen LogP contribution in [0.3, 0.4) is 0 Å². The number of carbonyl (C=O) groups is 1. The summed E-state index contributed by atoms with van der Waals surface area (Å²) in [6.45, 7) is -2.46. The van der Waals surface area contributed by atoms with Crippen molar-refractivity contribution in [3.8, 4) is 5.75 Å². The Morgan fingerprint density at radius 1 is 1.48 bits per heavy atom. The lowest BCUT2D eigenvalue weighted by molar-refractivity contribution is -0.384. The maximum absolute atomic E-state index is 10.5. The van der Waals surface area contributed by atoms with Crippen LogP contribution in [-0.4, -0.2) is 29.7 Å². The van der Waals surface area contributed by atoms with Crippen LogP contribution in [0.15, 0.2) is 24.3 Å². The van der Waals surface area contributed by atoms with E-state index in [9.17, 15) is 14.9 Å². The molecule has 0 heterocycles. The molecular formula is C11H15N2O6PS. The number of nitro benzene ring substituents is 1. The van der Waals surface area contributed by atoms with Crippen LogP contribution < -0.4 is 9.61 Å². The molecule has 1 rings (SSSR count). The van der Waals surface area contributed by atoms with Gasteiger partial charge in [-0.2, -0.15) is 0 Å². The first-order valence-electron chi connectivity index (χ1n) is 5.93. The molecule has 0 aliphatic rings. The molecule has 0 saturated carbocycles. The first-order chi connectivity index (χ1) is 9.86. The number of carboxylic acid groups (broad SMARTS) is 1. The second-order valence-electron chi connectivity index (χ2n) is 3.93. The van der Waals surface area contributed by atoms with Gasteiger partial charge in [0.25, 0.3) is 5.69 Å². The molecule has 2 N–H and O–H groups in total. The molecule has 0 fully saturated rings. The van der Waals surface area contributed by atoms with E-state index < -0.39 is 17.5 Å². The molecular weight excluding hydrogens is 319 g/mol. The predicted octanol–water partition coefficient (Wildman–Crippen LogP) is 2.30. The van der Waals surface area contributed by atoms with Crippen LogP contribution in [0.4, 0.5) is 5.69 Å². The Hall–Kier alpha value is -1.54. The van der Waals surface area contributed by atoms with E-state index >= 15 is 0 Å². The first-order valence-corrected chi connectivity index (χ1v) is 8.57. The maximum atomic E-state index is 10.5. The maximum Gasteiger partial charge on any atom is 0.312 e. The molecule has 21 heavy (non-hydrogen) atoms. The fourth-order valence-electron chi connectivity index (χ4n) is 1.36. The van der Waals surface area contributed by atoms with Crippen molar-refractivity contribution in [2.75, 3.05) is 13.7 Å². The van der Waals surface area contributed by atoms with E-state index in [1.54, 1.807) is 0 Å². The molecule has 116 valence electrons. The number of nitro groups is 1. The van der Waals surface area contributed by atoms with E-state index in [0.717, 1.165) is 0 Å². The van der Waals surface area contributed by atoms with Gasteiger partial charge in [-0.15, -0.1) is 0 Å². The van der Waals surface area contributed by atoms with Crippen molar-refractivity contribution in [3.63, 3.8) is 0 Å². The Kier molecular flexibility index (Phi) is 6.70. The Balaban J connectivity index is 2.60. The molecule has 1 aromatic carbocycles. The molecule has 1 aromatic rings. The highest BCUT2D eigenvalue weighted by atomic mass is 32.5. The van der Waals surface area contributed by atoms with Gasteiger partial charge in [0.15, 0.2) is 0 Å². The monoisotopic (exact) mass is 334 g/mol. The van der Waals surface area contributed by atoms with E-state index in [-0.39, 0.29) is 12.1 Å². The van der Waals surface area contributed by atoms with Crippen molar-refractivity contribution >= 4 is 30.1 Å². The highest BCUT2D eigenvalue weighted by Crippen LogP contribution is 2.43. The van der Waals surface area contributed by atoms with Crippen LogP contribution in [0.1, 0.15) is 12.8 Å². The van der Waals surface area contributed by atoms with Gasteiger partial charge < -0.3 is 14.2 Å². The van der Waals surface area contributed by atoms with Crippen molar-refractivity contribution in [2.24, 2.45) is 0 Å². The average Bonchev–Trinajstić information content (AvgIpc) is 2.44. The predicted molar refractivity (Wildman–Crippen MR) is 79.9 cm³/mol. The first kappa shape index (κ1) is 17.5. The number of hydrogen-bond donors (Lipinski definition) is 2. The van der Waals surface area contributed by atoms with E-state index in [1.165, 1.54) is 31.4 Å². The number of non-ortho nitro benzene ring substituents is 1. The van der Waals surface area contributed by atoms with Gasteiger partial charge in [0.05, 0.1) is 4.92 Å². The number of nitrogens with one attached hydrogen (secondary N) is 1. The molecule has 1 unspecified atom stereocenters. The van der Waals surface area contributed by atoms with Crippen molar-refractivity contribution in [1.82, 2.24) is 5.09 Å². The summed E-state index contributed by atoms with van der Waals surface area (Å²) in [4.78, 5) is 20.4. The largest absolute Gasteiger partial charge is 0.481 e. The summed E-state index contributed by atoms with van der Waals surface area (Å²) < 4.78 is 10.7. The van der Waals surface area contributed by atoms with E-state index in [4.69, 9.17) is 26.0 Å². The minimum Gasteiger partial charge on any atom is -0.481 e. The normalized spacial score (nSPS) is 13.4. The van der Waals surface area contributed by atoms with Gasteiger partial charge in [-0.05, 0) is 30.4 Å². The molecule has 0 aromatic heterocycles. The van der Waals surface area contributed by atoms with E-state index in [2.05, 4.69) is 5.09 Å². The fraction of sp³-hybridized carbons (Fsp3) is 0.364. The zero-order chi connectivity index (χ0) is 15.9. The van der Waals surface area contributed by atoms with E-state index in [0.29, 0.717) is 18.7 Å². The molecule has 8 nitrogen and oxygen atoms in total. The fourth-order valence-corrected chi connectivity index (χ4v) is 2.99. The molecule has 0 saturated heterocycles. The van der Waals surface area contributed by atoms with Crippen molar-refractivity contribution in [1.29, 1.82) is 0 Å². The number of rotatable bonds is 9. The molecule has 1 atom stereocenters. The lowest BCUT2D eigenvalue weighted by Gasteiger charge is -2.21. The van der Waals surface area contributed by atoms with Gasteiger partial charge in [0, 0.05) is 32.2 Å². The highest BCUT2D eigenvalue weighted by molar-refractivity contribution is 8.09. The molecule has 0 spiro atoms. The molecule has 0 amide bonds. The van der Waals surface area contributed by atoms with Gasteiger partial charge >= 0.3 is 12.6 Å². The summed E-state index contributed by atoms with van der Waals surface area (Å²) in [5.41, 5.74) is -0.0533. The summed E-state index contributed by atoms with van der Waals surface area (Å²) in [5, 5.41) is 22.0. The van der Waals surface area contributed by atoms with Crippen molar-refractivity contribution < 1.29 is 23.9 Å². The quantitative estimate of drug-likeness (QED) is 0.306. The number of aliphatic carboxylic acids is 1. The smallest absolute Gasteiger partial charge is 0.312 e. The van der Waals surface area contributed by atoms with Crippen LogP contribution >= 0.6 is 6.64 Å². The number of benzene rings is 1. The summed E-state index contributed by atoms with van der Waals surface area (Å²) >= 11 is 5.22. The zero-order valence-electron chi connectivity index (χ0n) is 11.2. The summed E-state index contributed by atoms with van der Waals surface area (Å²) in [6.07, 6.45) is 0.407. The molecule has 0 bridgehead atoms. The van der Waals surface area contributed by atoms with Crippen LogP contribution in [0.25, 0.3) is 0 Å². The second kappa shape index (κ2) is 8.04. The third-order valence-electron chi connectivity index (χ3n) is 2.39. The number of hydrogen-bond acceptors (Lipinski definition) is 6. The summed E-state index contributed by atoms with van der Waals surface area (Å²) in [6, 6.07) is 5.46. The SMILES string of the molecule is COP(=S)(NCCCC(=O)O)Oc1ccc([N+](=O)[O-])cc1. The Bertz CT molecular complexity index is 550. The van der Waals surface area contributed by atoms with Gasteiger partial charge in [-0.3, -0.25) is 14.9 Å². The third-order valence-corrected chi connectivity index (χ3v) is 4.99. The van der Waals surface area contributed by atoms with Gasteiger partial charge in [0.1, 0.15) is 5.75 Å². The van der Waals surface area contributed by atoms with Crippen molar-refractivity contribution in [3.05, 3.63) is 34.4 Å². The molecule has 10 heteroatoms. The third kappa shape index (κ3) is 6.17.